The Balaban J connectivity index is 1.46. The maximum absolute atomic E-state index is 12.2. The average Bonchev–Trinajstić information content (AvgIpc) is 3.06. The van der Waals surface area contributed by atoms with Gasteiger partial charge in [-0.2, -0.15) is 0 Å². The number of carbonyl (C=O) groups excluding carboxylic acids is 2. The molecule has 0 bridgehead atoms. The molecule has 2 aliphatic heterocycles. The van der Waals surface area contributed by atoms with Crippen molar-refractivity contribution in [2.45, 2.75) is 44.4 Å². The summed E-state index contributed by atoms with van der Waals surface area (Å²) in [6.07, 6.45) is 2.59. The topological polar surface area (TPSA) is 133 Å². The van der Waals surface area contributed by atoms with E-state index in [1.54, 1.807) is 24.4 Å². The van der Waals surface area contributed by atoms with E-state index in [0.29, 0.717) is 42.0 Å². The van der Waals surface area contributed by atoms with Gasteiger partial charge in [-0.05, 0) is 43.9 Å². The molecule has 0 spiro atoms. The molecule has 4 N–H and O–H groups in total. The molecule has 2 atom stereocenters. The molecule has 0 saturated carbocycles. The van der Waals surface area contributed by atoms with E-state index in [1.807, 2.05) is 13.8 Å². The molecule has 1 aromatic carbocycles. The lowest BCUT2D eigenvalue weighted by molar-refractivity contribution is -0.205. The standard InChI is InChI=1S/C22H27N3O6/c1-12(2)31-18-9-15-13(7-16(18)19(23)26)3-5-24-21(15)30-6-4-14-8-17(20(27)25-14)22(28)10-29-11-22/h3,5,7,9,12,14,17,28H,4,6,8,10-11H2,1-2H3,(H2,23,26)(H,25,27)/t14-,17-/m1/s1. The summed E-state index contributed by atoms with van der Waals surface area (Å²) in [5.74, 6) is -0.371. The first-order valence-corrected chi connectivity index (χ1v) is 10.4. The van der Waals surface area contributed by atoms with Crippen LogP contribution < -0.4 is 20.5 Å². The van der Waals surface area contributed by atoms with Crippen molar-refractivity contribution in [3.05, 3.63) is 30.0 Å². The lowest BCUT2D eigenvalue weighted by atomic mass is 9.83. The molecule has 3 heterocycles. The zero-order valence-corrected chi connectivity index (χ0v) is 17.6. The first-order chi connectivity index (χ1) is 14.8. The maximum atomic E-state index is 12.2. The number of nitrogens with two attached hydrogens (primary N) is 1. The van der Waals surface area contributed by atoms with E-state index in [0.717, 1.165) is 5.39 Å². The number of nitrogens with zero attached hydrogens (tertiary/aromatic N) is 1. The Bertz CT molecular complexity index is 1000. The number of hydrogen-bond donors (Lipinski definition) is 3. The fourth-order valence-electron chi connectivity index (χ4n) is 4.05. The minimum absolute atomic E-state index is 0.0848. The number of nitrogens with one attached hydrogen (secondary N) is 1. The largest absolute Gasteiger partial charge is 0.490 e. The molecule has 1 aromatic heterocycles. The molecule has 2 saturated heterocycles. The number of primary amides is 1. The monoisotopic (exact) mass is 429 g/mol. The van der Waals surface area contributed by atoms with E-state index >= 15 is 0 Å². The highest BCUT2D eigenvalue weighted by atomic mass is 16.5. The van der Waals surface area contributed by atoms with Crippen LogP contribution in [0.1, 0.15) is 37.0 Å². The number of aromatic nitrogens is 1. The van der Waals surface area contributed by atoms with Gasteiger partial charge in [0.1, 0.15) is 11.4 Å². The first kappa shape index (κ1) is 21.3. The first-order valence-electron chi connectivity index (χ1n) is 10.4. The number of ether oxygens (including phenoxy) is 3. The second-order valence-electron chi connectivity index (χ2n) is 8.44. The van der Waals surface area contributed by atoms with Crippen molar-refractivity contribution in [2.75, 3.05) is 19.8 Å². The van der Waals surface area contributed by atoms with Crippen LogP contribution in [0.5, 0.6) is 11.6 Å². The van der Waals surface area contributed by atoms with E-state index in [2.05, 4.69) is 10.3 Å². The van der Waals surface area contributed by atoms with Crippen LogP contribution in [0.4, 0.5) is 0 Å². The van der Waals surface area contributed by atoms with Crippen LogP contribution >= 0.6 is 0 Å². The van der Waals surface area contributed by atoms with Gasteiger partial charge in [0, 0.05) is 24.0 Å². The summed E-state index contributed by atoms with van der Waals surface area (Å²) in [5.41, 5.74) is 4.76. The summed E-state index contributed by atoms with van der Waals surface area (Å²) < 4.78 is 16.7. The molecule has 9 nitrogen and oxygen atoms in total. The van der Waals surface area contributed by atoms with Gasteiger partial charge in [-0.1, -0.05) is 0 Å². The minimum Gasteiger partial charge on any atom is -0.490 e. The molecule has 4 rings (SSSR count). The zero-order valence-electron chi connectivity index (χ0n) is 17.6. The van der Waals surface area contributed by atoms with Gasteiger partial charge in [0.15, 0.2) is 0 Å². The van der Waals surface area contributed by atoms with Crippen LogP contribution in [0.2, 0.25) is 0 Å². The average molecular weight is 429 g/mol. The zero-order chi connectivity index (χ0) is 22.2. The molecular formula is C22H27N3O6. The predicted octanol–water partition coefficient (Wildman–Crippen LogP) is 1.16. The van der Waals surface area contributed by atoms with Gasteiger partial charge in [-0.15, -0.1) is 0 Å². The Morgan fingerprint density at radius 1 is 1.42 bits per heavy atom. The van der Waals surface area contributed by atoms with Crippen molar-refractivity contribution in [1.82, 2.24) is 10.3 Å². The number of amides is 2. The highest BCUT2D eigenvalue weighted by Gasteiger charge is 2.51. The fraction of sp³-hybridized carbons (Fsp3) is 0.500. The van der Waals surface area contributed by atoms with Crippen molar-refractivity contribution in [1.29, 1.82) is 0 Å². The van der Waals surface area contributed by atoms with Gasteiger partial charge in [0.2, 0.25) is 11.8 Å². The van der Waals surface area contributed by atoms with Crippen LogP contribution in [-0.4, -0.2) is 59.5 Å². The number of pyridine rings is 1. The summed E-state index contributed by atoms with van der Waals surface area (Å²) in [5, 5.41) is 14.8. The predicted molar refractivity (Wildman–Crippen MR) is 112 cm³/mol. The number of benzene rings is 1. The third-order valence-electron chi connectivity index (χ3n) is 5.70. The highest BCUT2D eigenvalue weighted by Crippen LogP contribution is 2.34. The fourth-order valence-corrected chi connectivity index (χ4v) is 4.05. The molecular weight excluding hydrogens is 402 g/mol. The molecule has 2 amide bonds. The van der Waals surface area contributed by atoms with Gasteiger partial charge in [0.05, 0.1) is 37.4 Å². The second-order valence-corrected chi connectivity index (χ2v) is 8.44. The van der Waals surface area contributed by atoms with Crippen molar-refractivity contribution < 1.29 is 28.9 Å². The van der Waals surface area contributed by atoms with E-state index in [1.165, 1.54) is 0 Å². The molecule has 9 heteroatoms. The van der Waals surface area contributed by atoms with E-state index in [9.17, 15) is 14.7 Å². The Hall–Kier alpha value is -2.91. The van der Waals surface area contributed by atoms with E-state index < -0.39 is 17.4 Å². The van der Waals surface area contributed by atoms with Crippen LogP contribution in [0.3, 0.4) is 0 Å². The number of fused-ring (bicyclic) bond motifs is 1. The minimum atomic E-state index is -1.05. The Morgan fingerprint density at radius 2 is 2.19 bits per heavy atom. The summed E-state index contributed by atoms with van der Waals surface area (Å²) >= 11 is 0. The highest BCUT2D eigenvalue weighted by molar-refractivity contribution is 6.01. The Kier molecular flexibility index (Phi) is 5.72. The second kappa shape index (κ2) is 8.32. The van der Waals surface area contributed by atoms with Crippen molar-refractivity contribution >= 4 is 22.6 Å². The molecule has 2 fully saturated rings. The number of hydrogen-bond acceptors (Lipinski definition) is 7. The lowest BCUT2D eigenvalue weighted by Gasteiger charge is -2.39. The number of rotatable bonds is 8. The van der Waals surface area contributed by atoms with Crippen LogP contribution in [0.25, 0.3) is 10.8 Å². The van der Waals surface area contributed by atoms with Crippen molar-refractivity contribution in [3.8, 4) is 11.6 Å². The third-order valence-corrected chi connectivity index (χ3v) is 5.70. The van der Waals surface area contributed by atoms with Gasteiger partial charge in [-0.25, -0.2) is 4.98 Å². The van der Waals surface area contributed by atoms with Crippen LogP contribution in [0.15, 0.2) is 24.4 Å². The Labute approximate surface area is 179 Å². The molecule has 31 heavy (non-hydrogen) atoms. The molecule has 0 radical (unpaired) electrons. The van der Waals surface area contributed by atoms with E-state index in [4.69, 9.17) is 19.9 Å². The quantitative estimate of drug-likeness (QED) is 0.573. The molecule has 0 unspecified atom stereocenters. The third kappa shape index (κ3) is 4.28. The smallest absolute Gasteiger partial charge is 0.252 e. The van der Waals surface area contributed by atoms with E-state index in [-0.39, 0.29) is 31.3 Å². The summed E-state index contributed by atoms with van der Waals surface area (Å²) in [7, 11) is 0. The van der Waals surface area contributed by atoms with Crippen LogP contribution in [0, 0.1) is 5.92 Å². The molecule has 2 aromatic rings. The van der Waals surface area contributed by atoms with Crippen LogP contribution in [-0.2, 0) is 9.53 Å². The SMILES string of the molecule is CC(C)Oc1cc2c(OCC[C@@H]3C[C@@H](C4(O)COC4)C(=O)N3)nccc2cc1C(N)=O. The lowest BCUT2D eigenvalue weighted by Crippen LogP contribution is -2.57. The molecule has 2 aliphatic rings. The Morgan fingerprint density at radius 3 is 2.84 bits per heavy atom. The van der Waals surface area contributed by atoms with Gasteiger partial charge < -0.3 is 30.4 Å². The molecule has 166 valence electrons. The normalized spacial score (nSPS) is 22.3. The summed E-state index contributed by atoms with van der Waals surface area (Å²) in [4.78, 5) is 28.4. The number of carbonyl (C=O) groups is 2. The summed E-state index contributed by atoms with van der Waals surface area (Å²) in [6, 6.07) is 5.08. The maximum Gasteiger partial charge on any atom is 0.252 e. The van der Waals surface area contributed by atoms with Gasteiger partial charge in [-0.3, -0.25) is 9.59 Å². The van der Waals surface area contributed by atoms with Crippen molar-refractivity contribution in [2.24, 2.45) is 11.7 Å². The number of aliphatic hydroxyl groups is 1. The van der Waals surface area contributed by atoms with Gasteiger partial charge in [0.25, 0.3) is 5.91 Å². The summed E-state index contributed by atoms with van der Waals surface area (Å²) in [6.45, 7) is 4.46. The van der Waals surface area contributed by atoms with Crippen molar-refractivity contribution in [3.63, 3.8) is 0 Å². The van der Waals surface area contributed by atoms with Gasteiger partial charge >= 0.3 is 0 Å². The molecule has 0 aliphatic carbocycles.